The van der Waals surface area contributed by atoms with Crippen molar-refractivity contribution in [1.82, 2.24) is 0 Å². The number of carbonyl (C=O) groups excluding carboxylic acids is 1. The number of para-hydroxylation sites is 1. The fraction of sp³-hybridized carbons (Fsp3) is 0.0833. The molecule has 0 unspecified atom stereocenters. The molecule has 3 aromatic carbocycles. The van der Waals surface area contributed by atoms with Crippen molar-refractivity contribution < 1.29 is 14.3 Å². The first-order valence-electron chi connectivity index (χ1n) is 9.02. The normalized spacial score (nSPS) is 10.7. The average molecular weight is 384 g/mol. The van der Waals surface area contributed by atoms with Crippen LogP contribution in [0.1, 0.15) is 11.1 Å². The molecule has 1 amide bonds. The summed E-state index contributed by atoms with van der Waals surface area (Å²) in [5.41, 5.74) is 2.30. The molecule has 0 aliphatic rings. The number of anilines is 1. The van der Waals surface area contributed by atoms with Crippen molar-refractivity contribution >= 4 is 17.7 Å². The van der Waals surface area contributed by atoms with Crippen LogP contribution >= 0.6 is 0 Å². The van der Waals surface area contributed by atoms with E-state index in [1.165, 1.54) is 6.08 Å². The quantitative estimate of drug-likeness (QED) is 0.468. The number of ether oxygens (including phenoxy) is 2. The van der Waals surface area contributed by atoms with Gasteiger partial charge in [0.1, 0.15) is 18.2 Å². The predicted molar refractivity (Wildman–Crippen MR) is 112 cm³/mol. The Morgan fingerprint density at radius 1 is 1.00 bits per heavy atom. The third-order valence-electron chi connectivity index (χ3n) is 4.13. The molecule has 144 valence electrons. The van der Waals surface area contributed by atoms with Crippen LogP contribution in [0.25, 0.3) is 6.08 Å². The van der Waals surface area contributed by atoms with E-state index in [0.717, 1.165) is 5.56 Å². The molecule has 0 radical (unpaired) electrons. The summed E-state index contributed by atoms with van der Waals surface area (Å²) in [5, 5.41) is 12.1. The van der Waals surface area contributed by atoms with Crippen LogP contribution < -0.4 is 14.8 Å². The van der Waals surface area contributed by atoms with Gasteiger partial charge in [0.2, 0.25) is 0 Å². The highest BCUT2D eigenvalue weighted by molar-refractivity contribution is 6.09. The minimum atomic E-state index is -0.471. The van der Waals surface area contributed by atoms with Gasteiger partial charge in [-0.3, -0.25) is 4.79 Å². The third kappa shape index (κ3) is 5.47. The molecule has 0 atom stereocenters. The van der Waals surface area contributed by atoms with E-state index in [9.17, 15) is 10.1 Å². The second kappa shape index (κ2) is 9.77. The van der Waals surface area contributed by atoms with E-state index in [2.05, 4.69) is 5.32 Å². The number of rotatable bonds is 7. The van der Waals surface area contributed by atoms with E-state index >= 15 is 0 Å². The second-order valence-electron chi connectivity index (χ2n) is 6.17. The zero-order chi connectivity index (χ0) is 20.5. The standard InChI is InChI=1S/C24H20N2O3/c1-28-22-13-12-19(15-23(22)29-17-18-8-4-2-5-9-18)14-20(16-25)24(27)26-21-10-6-3-7-11-21/h2-15H,17H2,1H3,(H,26,27)/b20-14+. The molecule has 0 saturated heterocycles. The Kier molecular flexibility index (Phi) is 6.64. The first-order valence-corrected chi connectivity index (χ1v) is 9.02. The summed E-state index contributed by atoms with van der Waals surface area (Å²) in [6.07, 6.45) is 1.52. The molecule has 1 N–H and O–H groups in total. The Morgan fingerprint density at radius 3 is 2.34 bits per heavy atom. The van der Waals surface area contributed by atoms with Crippen LogP contribution in [0, 0.1) is 11.3 Å². The lowest BCUT2D eigenvalue weighted by molar-refractivity contribution is -0.112. The van der Waals surface area contributed by atoms with Gasteiger partial charge < -0.3 is 14.8 Å². The van der Waals surface area contributed by atoms with Crippen LogP contribution in [0.5, 0.6) is 11.5 Å². The van der Waals surface area contributed by atoms with Gasteiger partial charge >= 0.3 is 0 Å². The maximum Gasteiger partial charge on any atom is 0.266 e. The molecule has 5 heteroatoms. The van der Waals surface area contributed by atoms with E-state index in [-0.39, 0.29) is 5.57 Å². The summed E-state index contributed by atoms with van der Waals surface area (Å²) in [4.78, 5) is 12.4. The largest absolute Gasteiger partial charge is 0.493 e. The fourth-order valence-electron chi connectivity index (χ4n) is 2.67. The van der Waals surface area contributed by atoms with Gasteiger partial charge in [-0.2, -0.15) is 5.26 Å². The molecule has 0 bridgehead atoms. The van der Waals surface area contributed by atoms with Gasteiger partial charge in [-0.1, -0.05) is 54.6 Å². The Balaban J connectivity index is 1.79. The van der Waals surface area contributed by atoms with Crippen LogP contribution in [0.3, 0.4) is 0 Å². The van der Waals surface area contributed by atoms with E-state index in [1.54, 1.807) is 37.4 Å². The molecule has 3 rings (SSSR count). The number of nitrogens with one attached hydrogen (secondary N) is 1. The van der Waals surface area contributed by atoms with Gasteiger partial charge in [-0.15, -0.1) is 0 Å². The number of nitriles is 1. The van der Waals surface area contributed by atoms with Crippen molar-refractivity contribution in [3.05, 3.63) is 95.6 Å². The van der Waals surface area contributed by atoms with Crippen molar-refractivity contribution in [3.8, 4) is 17.6 Å². The highest BCUT2D eigenvalue weighted by Gasteiger charge is 2.11. The number of benzene rings is 3. The summed E-state index contributed by atoms with van der Waals surface area (Å²) < 4.78 is 11.2. The molecule has 29 heavy (non-hydrogen) atoms. The smallest absolute Gasteiger partial charge is 0.266 e. The number of carbonyl (C=O) groups is 1. The van der Waals surface area contributed by atoms with E-state index in [1.807, 2.05) is 54.6 Å². The van der Waals surface area contributed by atoms with Crippen molar-refractivity contribution in [2.45, 2.75) is 6.61 Å². The molecule has 0 aromatic heterocycles. The van der Waals surface area contributed by atoms with Crippen LogP contribution in [0.4, 0.5) is 5.69 Å². The van der Waals surface area contributed by atoms with Crippen LogP contribution in [-0.4, -0.2) is 13.0 Å². The summed E-state index contributed by atoms with van der Waals surface area (Å²) in [6.45, 7) is 0.379. The molecular formula is C24H20N2O3. The lowest BCUT2D eigenvalue weighted by Gasteiger charge is -2.12. The van der Waals surface area contributed by atoms with E-state index in [0.29, 0.717) is 29.4 Å². The molecule has 0 saturated carbocycles. The average Bonchev–Trinajstić information content (AvgIpc) is 2.77. The number of methoxy groups -OCH3 is 1. The lowest BCUT2D eigenvalue weighted by Crippen LogP contribution is -2.13. The van der Waals surface area contributed by atoms with Gasteiger partial charge in [0.05, 0.1) is 7.11 Å². The van der Waals surface area contributed by atoms with E-state index in [4.69, 9.17) is 9.47 Å². The molecule has 0 aliphatic carbocycles. The Hall–Kier alpha value is -4.04. The number of hydrogen-bond acceptors (Lipinski definition) is 4. The maximum atomic E-state index is 12.4. The van der Waals surface area contributed by atoms with Gasteiger partial charge in [0, 0.05) is 5.69 Å². The second-order valence-corrected chi connectivity index (χ2v) is 6.17. The zero-order valence-electron chi connectivity index (χ0n) is 16.0. The molecule has 0 fully saturated rings. The van der Waals surface area contributed by atoms with Crippen molar-refractivity contribution in [1.29, 1.82) is 5.26 Å². The van der Waals surface area contributed by atoms with Crippen molar-refractivity contribution in [3.63, 3.8) is 0 Å². The topological polar surface area (TPSA) is 71.3 Å². The number of hydrogen-bond donors (Lipinski definition) is 1. The highest BCUT2D eigenvalue weighted by atomic mass is 16.5. The Morgan fingerprint density at radius 2 is 1.69 bits per heavy atom. The Labute approximate surface area is 169 Å². The van der Waals surface area contributed by atoms with Gasteiger partial charge in [-0.25, -0.2) is 0 Å². The monoisotopic (exact) mass is 384 g/mol. The minimum absolute atomic E-state index is 0.00645. The summed E-state index contributed by atoms with van der Waals surface area (Å²) in [7, 11) is 1.56. The number of amides is 1. The van der Waals surface area contributed by atoms with E-state index < -0.39 is 5.91 Å². The van der Waals surface area contributed by atoms with Crippen LogP contribution in [0.2, 0.25) is 0 Å². The van der Waals surface area contributed by atoms with Crippen molar-refractivity contribution in [2.75, 3.05) is 12.4 Å². The van der Waals surface area contributed by atoms with Gasteiger partial charge in [0.15, 0.2) is 11.5 Å². The molecule has 5 nitrogen and oxygen atoms in total. The first kappa shape index (κ1) is 19.7. The Bertz CT molecular complexity index is 1040. The van der Waals surface area contributed by atoms with Crippen LogP contribution in [0.15, 0.2) is 84.4 Å². The maximum absolute atomic E-state index is 12.4. The predicted octanol–water partition coefficient (Wildman–Crippen LogP) is 4.82. The number of nitrogens with zero attached hydrogens (tertiary/aromatic N) is 1. The minimum Gasteiger partial charge on any atom is -0.493 e. The van der Waals surface area contributed by atoms with Crippen molar-refractivity contribution in [2.24, 2.45) is 0 Å². The zero-order valence-corrected chi connectivity index (χ0v) is 16.0. The molecule has 0 spiro atoms. The molecule has 0 aliphatic heterocycles. The molecular weight excluding hydrogens is 364 g/mol. The molecule has 3 aromatic rings. The summed E-state index contributed by atoms with van der Waals surface area (Å²) in [6, 6.07) is 26.0. The summed E-state index contributed by atoms with van der Waals surface area (Å²) >= 11 is 0. The first-order chi connectivity index (χ1) is 14.2. The lowest BCUT2D eigenvalue weighted by atomic mass is 10.1. The molecule has 0 heterocycles. The van der Waals surface area contributed by atoms with Gasteiger partial charge in [-0.05, 0) is 41.5 Å². The fourth-order valence-corrected chi connectivity index (χ4v) is 2.67. The van der Waals surface area contributed by atoms with Crippen LogP contribution in [-0.2, 0) is 11.4 Å². The SMILES string of the molecule is COc1ccc(/C=C(\C#N)C(=O)Nc2ccccc2)cc1OCc1ccccc1. The van der Waals surface area contributed by atoms with Gasteiger partial charge in [0.25, 0.3) is 5.91 Å². The third-order valence-corrected chi connectivity index (χ3v) is 4.13. The summed E-state index contributed by atoms with van der Waals surface area (Å²) in [5.74, 6) is 0.637. The highest BCUT2D eigenvalue weighted by Crippen LogP contribution is 2.29.